The lowest BCUT2D eigenvalue weighted by Crippen LogP contribution is -2.21. The van der Waals surface area contributed by atoms with Crippen molar-refractivity contribution in [1.82, 2.24) is 0 Å². The minimum Gasteiger partial charge on any atom is -0.372 e. The van der Waals surface area contributed by atoms with Crippen molar-refractivity contribution in [1.29, 1.82) is 0 Å². The van der Waals surface area contributed by atoms with Gasteiger partial charge in [-0.25, -0.2) is 0 Å². The zero-order valence-electron chi connectivity index (χ0n) is 18.8. The Morgan fingerprint density at radius 3 is 1.53 bits per heavy atom. The molecule has 3 heteroatoms. The molecule has 1 saturated carbocycles. The molecule has 0 saturated heterocycles. The van der Waals surface area contributed by atoms with Gasteiger partial charge in [0.2, 0.25) is 0 Å². The molecule has 158 valence electrons. The molecule has 0 spiro atoms. The zero-order valence-corrected chi connectivity index (χ0v) is 18.8. The quantitative estimate of drug-likeness (QED) is 0.491. The Morgan fingerprint density at radius 1 is 0.667 bits per heavy atom. The van der Waals surface area contributed by atoms with E-state index in [-0.39, 0.29) is 5.78 Å². The third kappa shape index (κ3) is 5.02. The highest BCUT2D eigenvalue weighted by molar-refractivity contribution is 6.08. The maximum Gasteiger partial charge on any atom is 0.163 e. The maximum absolute atomic E-state index is 12.5. The van der Waals surface area contributed by atoms with Crippen LogP contribution in [0.4, 0.5) is 11.4 Å². The fourth-order valence-corrected chi connectivity index (χ4v) is 4.13. The van der Waals surface area contributed by atoms with Gasteiger partial charge in [0, 0.05) is 49.5 Å². The van der Waals surface area contributed by atoms with Crippen LogP contribution in [0.5, 0.6) is 0 Å². The number of allylic oxidation sites excluding steroid dienone is 2. The van der Waals surface area contributed by atoms with E-state index in [1.54, 1.807) is 0 Å². The van der Waals surface area contributed by atoms with Crippen LogP contribution in [0, 0.1) is 0 Å². The van der Waals surface area contributed by atoms with Crippen LogP contribution in [0.15, 0.2) is 59.7 Å². The summed E-state index contributed by atoms with van der Waals surface area (Å²) in [5.41, 5.74) is 6.71. The summed E-state index contributed by atoms with van der Waals surface area (Å²) in [5, 5.41) is 0. The van der Waals surface area contributed by atoms with E-state index >= 15 is 0 Å². The first-order chi connectivity index (χ1) is 14.6. The Morgan fingerprint density at radius 2 is 1.10 bits per heavy atom. The highest BCUT2D eigenvalue weighted by atomic mass is 16.1. The molecule has 1 aliphatic rings. The Hall–Kier alpha value is -2.81. The summed E-state index contributed by atoms with van der Waals surface area (Å²) < 4.78 is 0. The number of rotatable bonds is 8. The maximum atomic E-state index is 12.5. The lowest BCUT2D eigenvalue weighted by atomic mass is 10.0. The molecule has 30 heavy (non-hydrogen) atoms. The average Bonchev–Trinajstić information content (AvgIpc) is 3.11. The number of nitrogens with zero attached hydrogens (tertiary/aromatic N) is 2. The van der Waals surface area contributed by atoms with E-state index in [1.807, 2.05) is 0 Å². The minimum atomic E-state index is 0.244. The second-order valence-corrected chi connectivity index (χ2v) is 7.68. The number of anilines is 2. The van der Waals surface area contributed by atoms with E-state index in [0.717, 1.165) is 54.9 Å². The third-order valence-corrected chi connectivity index (χ3v) is 5.96. The van der Waals surface area contributed by atoms with E-state index < -0.39 is 0 Å². The van der Waals surface area contributed by atoms with E-state index in [4.69, 9.17) is 0 Å². The minimum absolute atomic E-state index is 0.244. The smallest absolute Gasteiger partial charge is 0.163 e. The summed E-state index contributed by atoms with van der Waals surface area (Å²) in [6, 6.07) is 17.2. The van der Waals surface area contributed by atoms with Gasteiger partial charge >= 0.3 is 0 Å². The Bertz CT molecular complexity index is 899. The highest BCUT2D eigenvalue weighted by Gasteiger charge is 2.22. The Kier molecular flexibility index (Phi) is 7.51. The third-order valence-electron chi connectivity index (χ3n) is 5.96. The molecule has 3 nitrogen and oxygen atoms in total. The largest absolute Gasteiger partial charge is 0.372 e. The summed E-state index contributed by atoms with van der Waals surface area (Å²) in [7, 11) is 0. The van der Waals surface area contributed by atoms with Crippen molar-refractivity contribution >= 4 is 29.3 Å². The normalized spacial score (nSPS) is 16.5. The van der Waals surface area contributed by atoms with E-state index in [0.29, 0.717) is 6.42 Å². The van der Waals surface area contributed by atoms with Gasteiger partial charge in [-0.2, -0.15) is 0 Å². The van der Waals surface area contributed by atoms with Crippen LogP contribution < -0.4 is 9.80 Å². The molecule has 0 radical (unpaired) electrons. The number of hydrogen-bond acceptors (Lipinski definition) is 3. The summed E-state index contributed by atoms with van der Waals surface area (Å²) >= 11 is 0. The van der Waals surface area contributed by atoms with Crippen molar-refractivity contribution in [2.75, 3.05) is 36.0 Å². The zero-order chi connectivity index (χ0) is 21.5. The van der Waals surface area contributed by atoms with Crippen LogP contribution in [-0.2, 0) is 4.79 Å². The molecule has 0 unspecified atom stereocenters. The van der Waals surface area contributed by atoms with Crippen molar-refractivity contribution in [2.24, 2.45) is 0 Å². The fourth-order valence-electron chi connectivity index (χ4n) is 4.13. The van der Waals surface area contributed by atoms with Crippen molar-refractivity contribution in [3.05, 3.63) is 70.8 Å². The first kappa shape index (κ1) is 21.9. The molecule has 0 aliphatic heterocycles. The number of hydrogen-bond donors (Lipinski definition) is 0. The van der Waals surface area contributed by atoms with Crippen LogP contribution in [0.2, 0.25) is 0 Å². The number of ketones is 1. The number of Topliss-reactive ketones (excluding diaryl/α,β-unsaturated/α-hetero) is 1. The molecule has 0 amide bonds. The van der Waals surface area contributed by atoms with Gasteiger partial charge in [-0.1, -0.05) is 30.3 Å². The molecular formula is C27H34N2O. The highest BCUT2D eigenvalue weighted by Crippen LogP contribution is 2.31. The van der Waals surface area contributed by atoms with Crippen LogP contribution >= 0.6 is 0 Å². The van der Waals surface area contributed by atoms with E-state index in [9.17, 15) is 4.79 Å². The molecule has 0 heterocycles. The molecule has 2 aromatic carbocycles. The average molecular weight is 403 g/mol. The van der Waals surface area contributed by atoms with Gasteiger partial charge in [0.05, 0.1) is 0 Å². The van der Waals surface area contributed by atoms with Crippen LogP contribution in [0.1, 0.15) is 51.7 Å². The van der Waals surface area contributed by atoms with Crippen LogP contribution in [0.3, 0.4) is 0 Å². The molecule has 0 bridgehead atoms. The first-order valence-electron chi connectivity index (χ1n) is 11.2. The number of benzene rings is 2. The molecule has 0 aromatic heterocycles. The van der Waals surface area contributed by atoms with Gasteiger partial charge in [0.1, 0.15) is 0 Å². The van der Waals surface area contributed by atoms with E-state index in [1.165, 1.54) is 11.4 Å². The Labute approximate surface area is 181 Å². The lowest BCUT2D eigenvalue weighted by molar-refractivity contribution is -0.114. The summed E-state index contributed by atoms with van der Waals surface area (Å²) in [6.45, 7) is 12.7. The second kappa shape index (κ2) is 10.3. The standard InChI is InChI=1S/C27H34N2O/c1-5-28(6-2)24-14-9-21(10-15-24)19-23-13-18-27(30)26(23)20-22-11-16-25(17-12-22)29(7-3)8-4/h9-12,14-17,19-20H,5-8,13,18H2,1-4H3/b23-19-,26-20-. The molecule has 0 N–H and O–H groups in total. The predicted octanol–water partition coefficient (Wildman–Crippen LogP) is 6.21. The monoisotopic (exact) mass is 402 g/mol. The second-order valence-electron chi connectivity index (χ2n) is 7.68. The molecule has 1 aliphatic carbocycles. The first-order valence-corrected chi connectivity index (χ1v) is 11.2. The summed E-state index contributed by atoms with van der Waals surface area (Å²) in [6.07, 6.45) is 5.65. The van der Waals surface area contributed by atoms with Gasteiger partial charge < -0.3 is 9.80 Å². The predicted molar refractivity (Wildman–Crippen MR) is 130 cm³/mol. The molecule has 2 aromatic rings. The van der Waals surface area contributed by atoms with Gasteiger partial charge in [0.15, 0.2) is 5.78 Å². The molecule has 0 atom stereocenters. The van der Waals surface area contributed by atoms with Crippen molar-refractivity contribution in [3.8, 4) is 0 Å². The van der Waals surface area contributed by atoms with Crippen LogP contribution in [-0.4, -0.2) is 32.0 Å². The summed E-state index contributed by atoms with van der Waals surface area (Å²) in [4.78, 5) is 17.2. The van der Waals surface area contributed by atoms with Gasteiger partial charge in [0.25, 0.3) is 0 Å². The molecular weight excluding hydrogens is 368 g/mol. The van der Waals surface area contributed by atoms with Crippen molar-refractivity contribution in [3.63, 3.8) is 0 Å². The topological polar surface area (TPSA) is 23.6 Å². The Balaban J connectivity index is 1.83. The molecule has 3 rings (SSSR count). The van der Waals surface area contributed by atoms with Gasteiger partial charge in [-0.15, -0.1) is 0 Å². The fraction of sp³-hybridized carbons (Fsp3) is 0.370. The van der Waals surface area contributed by atoms with Crippen molar-refractivity contribution in [2.45, 2.75) is 40.5 Å². The SMILES string of the molecule is CCN(CC)c1ccc(/C=C2/CCC(=O)/C2=C\c2ccc(N(CC)CC)cc2)cc1. The lowest BCUT2D eigenvalue weighted by Gasteiger charge is -2.21. The van der Waals surface area contributed by atoms with Gasteiger partial charge in [-0.3, -0.25) is 4.79 Å². The summed E-state index contributed by atoms with van der Waals surface area (Å²) in [5.74, 6) is 0.244. The number of carbonyl (C=O) groups excluding carboxylic acids is 1. The van der Waals surface area contributed by atoms with Gasteiger partial charge in [-0.05, 0) is 81.2 Å². The van der Waals surface area contributed by atoms with Crippen LogP contribution in [0.25, 0.3) is 12.2 Å². The molecule has 1 fully saturated rings. The number of carbonyl (C=O) groups is 1. The van der Waals surface area contributed by atoms with Crippen molar-refractivity contribution < 1.29 is 4.79 Å². The van der Waals surface area contributed by atoms with E-state index in [2.05, 4.69) is 98.2 Å².